The zero-order valence-corrected chi connectivity index (χ0v) is 21.2. The van der Waals surface area contributed by atoms with Gasteiger partial charge in [-0.15, -0.1) is 0 Å². The van der Waals surface area contributed by atoms with E-state index in [2.05, 4.69) is 10.0 Å². The van der Waals surface area contributed by atoms with Gasteiger partial charge in [-0.05, 0) is 62.9 Å². The van der Waals surface area contributed by atoms with E-state index >= 15 is 0 Å². The molecule has 1 aromatic rings. The molecule has 34 heavy (non-hydrogen) atoms. The number of amides is 2. The Labute approximate surface area is 201 Å². The maximum Gasteiger partial charge on any atom is 0.417 e. The van der Waals surface area contributed by atoms with Crippen LogP contribution in [-0.4, -0.2) is 70.5 Å². The quantitative estimate of drug-likeness (QED) is 0.116. The summed E-state index contributed by atoms with van der Waals surface area (Å²) in [6.07, 6.45) is 3.07. The number of methoxy groups -OCH3 is 1. The number of azide groups is 1. The Balaban J connectivity index is 2.87. The number of benzene rings is 1. The van der Waals surface area contributed by atoms with Crippen LogP contribution in [0.15, 0.2) is 29.4 Å². The molecule has 1 rings (SSSR count). The molecular weight excluding hydrogens is 462 g/mol. The highest BCUT2D eigenvalue weighted by molar-refractivity contribution is 7.91. The van der Waals surface area contributed by atoms with Gasteiger partial charge in [0, 0.05) is 49.2 Å². The molecule has 2 amide bonds. The summed E-state index contributed by atoms with van der Waals surface area (Å²) in [6.45, 7) is 5.20. The Bertz CT molecular complexity index is 928. The molecule has 1 atom stereocenters. The molecule has 0 N–H and O–H groups in total. The molecule has 0 aromatic heterocycles. The summed E-state index contributed by atoms with van der Waals surface area (Å²) in [5.74, 6) is -0.117. The average Bonchev–Trinajstić information content (AvgIpc) is 2.81. The third-order valence-electron chi connectivity index (χ3n) is 5.18. The maximum absolute atomic E-state index is 12.9. The van der Waals surface area contributed by atoms with Crippen molar-refractivity contribution in [1.82, 2.24) is 4.90 Å². The average molecular weight is 498 g/mol. The zero-order valence-electron chi connectivity index (χ0n) is 20.3. The number of hydrogen-bond acceptors (Lipinski definition) is 7. The van der Waals surface area contributed by atoms with Gasteiger partial charge >= 0.3 is 6.09 Å². The van der Waals surface area contributed by atoms with Crippen LogP contribution in [-0.2, 0) is 19.3 Å². The molecule has 1 aromatic carbocycles. The van der Waals surface area contributed by atoms with Crippen molar-refractivity contribution in [2.45, 2.75) is 51.4 Å². The number of unbranched alkanes of at least 4 members (excludes halogenated alkanes) is 3. The molecule has 12 heteroatoms. The maximum atomic E-state index is 12.9. The SMILES string of the molecule is CCN(CC)C(=O)c1ccc(N(COC)C(=O)OC(CCCCCCN=[N+]=[N-])S(C)(=O)=O)cc1. The molecule has 1 unspecified atom stereocenters. The number of carbonyl (C=O) groups excluding carboxylic acids is 2. The van der Waals surface area contributed by atoms with Gasteiger partial charge < -0.3 is 14.4 Å². The molecule has 0 bridgehead atoms. The van der Waals surface area contributed by atoms with Crippen molar-refractivity contribution < 1.29 is 27.5 Å². The molecule has 11 nitrogen and oxygen atoms in total. The minimum atomic E-state index is -3.65. The third kappa shape index (κ3) is 9.58. The Morgan fingerprint density at radius 3 is 2.24 bits per heavy atom. The highest BCUT2D eigenvalue weighted by Crippen LogP contribution is 2.20. The van der Waals surface area contributed by atoms with E-state index < -0.39 is 21.4 Å². The molecular formula is C22H35N5O6S. The van der Waals surface area contributed by atoms with E-state index in [4.69, 9.17) is 15.0 Å². The Hall–Kier alpha value is -2.82. The van der Waals surface area contributed by atoms with Crippen molar-refractivity contribution in [3.05, 3.63) is 40.3 Å². The largest absolute Gasteiger partial charge is 0.429 e. The van der Waals surface area contributed by atoms with Crippen molar-refractivity contribution in [2.24, 2.45) is 5.11 Å². The van der Waals surface area contributed by atoms with E-state index in [-0.39, 0.29) is 19.1 Å². The van der Waals surface area contributed by atoms with Crippen molar-refractivity contribution in [3.8, 4) is 0 Å². The molecule has 190 valence electrons. The molecule has 0 spiro atoms. The lowest BCUT2D eigenvalue weighted by atomic mass is 10.1. The van der Waals surface area contributed by atoms with E-state index in [0.717, 1.165) is 12.7 Å². The highest BCUT2D eigenvalue weighted by Gasteiger charge is 2.28. The second-order valence-corrected chi connectivity index (χ2v) is 9.86. The second-order valence-electron chi connectivity index (χ2n) is 7.67. The molecule has 0 aliphatic rings. The van der Waals surface area contributed by atoms with Gasteiger partial charge in [-0.25, -0.2) is 13.2 Å². The van der Waals surface area contributed by atoms with Crippen LogP contribution in [0.3, 0.4) is 0 Å². The Kier molecular flexibility index (Phi) is 13.0. The zero-order chi connectivity index (χ0) is 25.6. The third-order valence-corrected chi connectivity index (χ3v) is 6.46. The smallest absolute Gasteiger partial charge is 0.417 e. The number of sulfone groups is 1. The van der Waals surface area contributed by atoms with Crippen LogP contribution < -0.4 is 4.90 Å². The van der Waals surface area contributed by atoms with E-state index in [1.165, 1.54) is 12.0 Å². The fraction of sp³-hybridized carbons (Fsp3) is 0.636. The van der Waals surface area contributed by atoms with Gasteiger partial charge in [-0.1, -0.05) is 18.0 Å². The van der Waals surface area contributed by atoms with Crippen LogP contribution in [0.4, 0.5) is 10.5 Å². The molecule has 0 radical (unpaired) electrons. The summed E-state index contributed by atoms with van der Waals surface area (Å²) in [5.41, 5.74) is 7.87. The Morgan fingerprint density at radius 2 is 1.71 bits per heavy atom. The fourth-order valence-electron chi connectivity index (χ4n) is 3.27. The summed E-state index contributed by atoms with van der Waals surface area (Å²) in [5, 5.41) is 3.46. The molecule has 0 heterocycles. The molecule has 0 aliphatic heterocycles. The van der Waals surface area contributed by atoms with Gasteiger partial charge in [-0.3, -0.25) is 9.69 Å². The molecule has 0 aliphatic carbocycles. The second kappa shape index (κ2) is 15.2. The Morgan fingerprint density at radius 1 is 1.09 bits per heavy atom. The van der Waals surface area contributed by atoms with Gasteiger partial charge in [0.1, 0.15) is 6.73 Å². The fourth-order valence-corrected chi connectivity index (χ4v) is 4.12. The van der Waals surface area contributed by atoms with Crippen LogP contribution in [0, 0.1) is 0 Å². The first-order valence-corrected chi connectivity index (χ1v) is 13.2. The molecule has 0 saturated carbocycles. The number of carbonyl (C=O) groups is 2. The summed E-state index contributed by atoms with van der Waals surface area (Å²) in [6, 6.07) is 6.40. The summed E-state index contributed by atoms with van der Waals surface area (Å²) < 4.78 is 34.9. The summed E-state index contributed by atoms with van der Waals surface area (Å²) >= 11 is 0. The number of anilines is 1. The van der Waals surface area contributed by atoms with E-state index in [9.17, 15) is 18.0 Å². The van der Waals surface area contributed by atoms with Crippen molar-refractivity contribution in [1.29, 1.82) is 0 Å². The topological polar surface area (TPSA) is 142 Å². The predicted octanol–water partition coefficient (Wildman–Crippen LogP) is 4.35. The van der Waals surface area contributed by atoms with Gasteiger partial charge in [0.05, 0.1) is 0 Å². The number of ether oxygens (including phenoxy) is 2. The van der Waals surface area contributed by atoms with Crippen LogP contribution in [0.5, 0.6) is 0 Å². The van der Waals surface area contributed by atoms with Gasteiger partial charge in [0.2, 0.25) is 5.44 Å². The summed E-state index contributed by atoms with van der Waals surface area (Å²) in [4.78, 5) is 30.9. The van der Waals surface area contributed by atoms with E-state index in [1.54, 1.807) is 29.2 Å². The minimum Gasteiger partial charge on any atom is -0.429 e. The number of hydrogen-bond donors (Lipinski definition) is 0. The monoisotopic (exact) mass is 497 g/mol. The van der Waals surface area contributed by atoms with Gasteiger partial charge in [0.15, 0.2) is 9.84 Å². The van der Waals surface area contributed by atoms with Crippen LogP contribution in [0.1, 0.15) is 56.3 Å². The van der Waals surface area contributed by atoms with Crippen LogP contribution >= 0.6 is 0 Å². The van der Waals surface area contributed by atoms with E-state index in [1.807, 2.05) is 13.8 Å². The first-order chi connectivity index (χ1) is 16.2. The van der Waals surface area contributed by atoms with Crippen molar-refractivity contribution in [3.63, 3.8) is 0 Å². The standard InChI is InChI=1S/C22H35N5O6S/c1-5-26(6-2)21(28)18-12-14-19(15-13-18)27(17-32-3)22(29)33-20(34(4,30)31)11-9-7-8-10-16-24-25-23/h12-15,20H,5-11,16-17H2,1-4H3. The van der Waals surface area contributed by atoms with Gasteiger partial charge in [-0.2, -0.15) is 0 Å². The number of rotatable bonds is 15. The van der Waals surface area contributed by atoms with Crippen molar-refractivity contribution in [2.75, 3.05) is 44.6 Å². The van der Waals surface area contributed by atoms with Crippen LogP contribution in [0.25, 0.3) is 10.4 Å². The van der Waals surface area contributed by atoms with E-state index in [0.29, 0.717) is 50.1 Å². The number of nitrogens with zero attached hydrogens (tertiary/aromatic N) is 5. The molecule has 0 fully saturated rings. The lowest BCUT2D eigenvalue weighted by molar-refractivity contribution is 0.0773. The first-order valence-electron chi connectivity index (χ1n) is 11.3. The highest BCUT2D eigenvalue weighted by atomic mass is 32.2. The van der Waals surface area contributed by atoms with Crippen molar-refractivity contribution >= 4 is 27.5 Å². The first kappa shape index (κ1) is 29.2. The normalized spacial score (nSPS) is 11.9. The summed E-state index contributed by atoms with van der Waals surface area (Å²) in [7, 11) is -2.25. The molecule has 0 saturated heterocycles. The lowest BCUT2D eigenvalue weighted by Gasteiger charge is -2.25. The van der Waals surface area contributed by atoms with Gasteiger partial charge in [0.25, 0.3) is 5.91 Å². The predicted molar refractivity (Wildman–Crippen MR) is 130 cm³/mol. The van der Waals surface area contributed by atoms with Crippen LogP contribution in [0.2, 0.25) is 0 Å². The lowest BCUT2D eigenvalue weighted by Crippen LogP contribution is -2.38. The minimum absolute atomic E-state index is 0.117.